The van der Waals surface area contributed by atoms with E-state index in [-0.39, 0.29) is 11.7 Å². The molecular weight excluding hydrogens is 353 g/mol. The molecule has 2 heterocycles. The summed E-state index contributed by atoms with van der Waals surface area (Å²) in [4.78, 5) is 19.4. The van der Waals surface area contributed by atoms with Gasteiger partial charge in [0.1, 0.15) is 17.2 Å². The van der Waals surface area contributed by atoms with Crippen molar-refractivity contribution in [1.29, 1.82) is 0 Å². The molecular formula is C20H19ClFN3O. The lowest BCUT2D eigenvalue weighted by Crippen LogP contribution is -2.50. The van der Waals surface area contributed by atoms with Gasteiger partial charge in [-0.05, 0) is 17.7 Å². The van der Waals surface area contributed by atoms with Gasteiger partial charge in [-0.2, -0.15) is 0 Å². The van der Waals surface area contributed by atoms with Crippen molar-refractivity contribution in [2.24, 2.45) is 4.99 Å². The van der Waals surface area contributed by atoms with E-state index in [1.54, 1.807) is 6.07 Å². The second kappa shape index (κ2) is 6.82. The largest absolute Gasteiger partial charge is 0.326 e. The van der Waals surface area contributed by atoms with Gasteiger partial charge in [-0.15, -0.1) is 0 Å². The molecule has 4 rings (SSSR count). The summed E-state index contributed by atoms with van der Waals surface area (Å²) in [5, 5.41) is 3.52. The van der Waals surface area contributed by atoms with E-state index in [9.17, 15) is 9.18 Å². The monoisotopic (exact) mass is 371 g/mol. The van der Waals surface area contributed by atoms with Crippen LogP contribution in [0.1, 0.15) is 24.0 Å². The molecule has 0 atom stereocenters. The summed E-state index contributed by atoms with van der Waals surface area (Å²) >= 11 is 6.13. The topological polar surface area (TPSA) is 44.7 Å². The molecule has 1 spiro atoms. The van der Waals surface area contributed by atoms with Crippen LogP contribution < -0.4 is 5.32 Å². The first-order valence-corrected chi connectivity index (χ1v) is 9.07. The Morgan fingerprint density at radius 2 is 1.88 bits per heavy atom. The molecule has 1 saturated heterocycles. The van der Waals surface area contributed by atoms with E-state index in [0.717, 1.165) is 37.1 Å². The van der Waals surface area contributed by atoms with E-state index < -0.39 is 5.66 Å². The highest BCUT2D eigenvalue weighted by molar-refractivity contribution is 6.46. The van der Waals surface area contributed by atoms with Gasteiger partial charge in [0.25, 0.3) is 5.91 Å². The molecule has 1 N–H and O–H groups in total. The zero-order valence-corrected chi connectivity index (χ0v) is 15.0. The molecule has 1 amide bonds. The van der Waals surface area contributed by atoms with Gasteiger partial charge in [-0.3, -0.25) is 14.7 Å². The highest BCUT2D eigenvalue weighted by Crippen LogP contribution is 2.30. The van der Waals surface area contributed by atoms with E-state index in [1.165, 1.54) is 12.1 Å². The summed E-state index contributed by atoms with van der Waals surface area (Å²) in [7, 11) is 0. The molecule has 2 aromatic rings. The van der Waals surface area contributed by atoms with Crippen LogP contribution in [0.25, 0.3) is 0 Å². The van der Waals surface area contributed by atoms with Crippen molar-refractivity contribution < 1.29 is 9.18 Å². The number of nitrogens with one attached hydrogen (secondary N) is 1. The molecule has 134 valence electrons. The molecule has 0 unspecified atom stereocenters. The number of carbonyl (C=O) groups excluding carboxylic acids is 1. The predicted octanol–water partition coefficient (Wildman–Crippen LogP) is 3.39. The molecule has 26 heavy (non-hydrogen) atoms. The standard InChI is InChI=1S/C20H19ClFN3O/c21-17-12-16(22)7-6-15(17)13-25-10-8-20(9-11-25)23-18(19(26)24-20)14-4-2-1-3-5-14/h1-7,12H,8-11,13H2,(H,24,26). The van der Waals surface area contributed by atoms with Crippen molar-refractivity contribution in [2.75, 3.05) is 13.1 Å². The Labute approximate surface area is 156 Å². The van der Waals surface area contributed by atoms with Crippen molar-refractivity contribution in [3.63, 3.8) is 0 Å². The average molecular weight is 372 g/mol. The van der Waals surface area contributed by atoms with E-state index in [1.807, 2.05) is 30.3 Å². The second-order valence-corrected chi connectivity index (χ2v) is 7.23. The van der Waals surface area contributed by atoms with Gasteiger partial charge in [0.05, 0.1) is 0 Å². The summed E-state index contributed by atoms with van der Waals surface area (Å²) in [6.45, 7) is 2.25. The number of aliphatic imine (C=N–C) groups is 1. The highest BCUT2D eigenvalue weighted by atomic mass is 35.5. The lowest BCUT2D eigenvalue weighted by Gasteiger charge is -2.37. The summed E-state index contributed by atoms with van der Waals surface area (Å²) in [5.41, 5.74) is 1.77. The first-order chi connectivity index (χ1) is 12.5. The van der Waals surface area contributed by atoms with Gasteiger partial charge in [0, 0.05) is 43.1 Å². The number of nitrogens with zero attached hydrogens (tertiary/aromatic N) is 2. The van der Waals surface area contributed by atoms with Crippen LogP contribution in [-0.2, 0) is 11.3 Å². The lowest BCUT2D eigenvalue weighted by atomic mass is 9.97. The Morgan fingerprint density at radius 3 is 2.58 bits per heavy atom. The maximum atomic E-state index is 13.2. The minimum absolute atomic E-state index is 0.105. The van der Waals surface area contributed by atoms with E-state index in [2.05, 4.69) is 10.2 Å². The number of hydrogen-bond acceptors (Lipinski definition) is 3. The van der Waals surface area contributed by atoms with Crippen molar-refractivity contribution in [3.05, 3.63) is 70.5 Å². The molecule has 4 nitrogen and oxygen atoms in total. The zero-order chi connectivity index (χ0) is 18.1. The average Bonchev–Trinajstić information content (AvgIpc) is 2.96. The molecule has 0 radical (unpaired) electrons. The Balaban J connectivity index is 1.45. The Kier molecular flexibility index (Phi) is 4.51. The highest BCUT2D eigenvalue weighted by Gasteiger charge is 2.42. The number of benzene rings is 2. The van der Waals surface area contributed by atoms with E-state index in [4.69, 9.17) is 16.6 Å². The fourth-order valence-corrected chi connectivity index (χ4v) is 3.79. The van der Waals surface area contributed by atoms with Gasteiger partial charge in [-0.1, -0.05) is 48.0 Å². The quantitative estimate of drug-likeness (QED) is 0.898. The van der Waals surface area contributed by atoms with E-state index >= 15 is 0 Å². The van der Waals surface area contributed by atoms with Crippen LogP contribution in [0.4, 0.5) is 4.39 Å². The van der Waals surface area contributed by atoms with Gasteiger partial charge in [0.15, 0.2) is 0 Å². The Morgan fingerprint density at radius 1 is 1.15 bits per heavy atom. The predicted molar refractivity (Wildman–Crippen MR) is 99.8 cm³/mol. The smallest absolute Gasteiger partial charge is 0.272 e. The first-order valence-electron chi connectivity index (χ1n) is 8.69. The number of likely N-dealkylation sites (tertiary alicyclic amines) is 1. The summed E-state index contributed by atoms with van der Waals surface area (Å²) in [6, 6.07) is 14.1. The fourth-order valence-electron chi connectivity index (χ4n) is 3.56. The lowest BCUT2D eigenvalue weighted by molar-refractivity contribution is -0.115. The maximum absolute atomic E-state index is 13.2. The third kappa shape index (κ3) is 3.37. The molecule has 2 aliphatic rings. The SMILES string of the molecule is O=C1NC2(CCN(Cc3ccc(F)cc3Cl)CC2)N=C1c1ccccc1. The van der Waals surface area contributed by atoms with Crippen LogP contribution >= 0.6 is 11.6 Å². The summed E-state index contributed by atoms with van der Waals surface area (Å²) in [6.07, 6.45) is 1.49. The molecule has 0 aromatic heterocycles. The Hall–Kier alpha value is -2.24. The number of amides is 1. The minimum Gasteiger partial charge on any atom is -0.326 e. The molecule has 2 aromatic carbocycles. The number of rotatable bonds is 3. The van der Waals surface area contributed by atoms with Gasteiger partial charge >= 0.3 is 0 Å². The summed E-state index contributed by atoms with van der Waals surface area (Å²) < 4.78 is 13.2. The molecule has 0 aliphatic carbocycles. The molecule has 0 bridgehead atoms. The van der Waals surface area contributed by atoms with Crippen LogP contribution in [0.3, 0.4) is 0 Å². The number of piperidine rings is 1. The van der Waals surface area contributed by atoms with Crippen LogP contribution in [0, 0.1) is 5.82 Å². The number of halogens is 2. The molecule has 1 fully saturated rings. The van der Waals surface area contributed by atoms with E-state index in [0.29, 0.717) is 17.3 Å². The van der Waals surface area contributed by atoms with Crippen molar-refractivity contribution in [3.8, 4) is 0 Å². The number of carbonyl (C=O) groups is 1. The third-order valence-corrected chi connectivity index (χ3v) is 5.38. The number of hydrogen-bond donors (Lipinski definition) is 1. The van der Waals surface area contributed by atoms with Gasteiger partial charge in [-0.25, -0.2) is 4.39 Å². The zero-order valence-electron chi connectivity index (χ0n) is 14.2. The first kappa shape index (κ1) is 17.2. The second-order valence-electron chi connectivity index (χ2n) is 6.82. The van der Waals surface area contributed by atoms with Crippen LogP contribution in [-0.4, -0.2) is 35.3 Å². The summed E-state index contributed by atoms with van der Waals surface area (Å²) in [5.74, 6) is -0.431. The van der Waals surface area contributed by atoms with Crippen LogP contribution in [0.2, 0.25) is 5.02 Å². The van der Waals surface area contributed by atoms with Crippen LogP contribution in [0.15, 0.2) is 53.5 Å². The molecule has 2 aliphatic heterocycles. The van der Waals surface area contributed by atoms with Crippen molar-refractivity contribution in [2.45, 2.75) is 25.0 Å². The molecule has 6 heteroatoms. The Bertz CT molecular complexity index is 861. The third-order valence-electron chi connectivity index (χ3n) is 5.03. The molecule has 0 saturated carbocycles. The van der Waals surface area contributed by atoms with Gasteiger partial charge < -0.3 is 5.32 Å². The normalized spacial score (nSPS) is 19.5. The van der Waals surface area contributed by atoms with Gasteiger partial charge in [0.2, 0.25) is 0 Å². The van der Waals surface area contributed by atoms with Crippen molar-refractivity contribution in [1.82, 2.24) is 10.2 Å². The maximum Gasteiger partial charge on any atom is 0.272 e. The fraction of sp³-hybridized carbons (Fsp3) is 0.300. The minimum atomic E-state index is -0.509. The van der Waals surface area contributed by atoms with Crippen molar-refractivity contribution >= 4 is 23.2 Å². The van der Waals surface area contributed by atoms with Crippen LogP contribution in [0.5, 0.6) is 0 Å².